The molecule has 0 aliphatic heterocycles. The summed E-state index contributed by atoms with van der Waals surface area (Å²) in [5.41, 5.74) is 0. The zero-order valence-corrected chi connectivity index (χ0v) is 5.31. The lowest BCUT2D eigenvalue weighted by Crippen LogP contribution is -2.32. The molecule has 0 aliphatic rings. The summed E-state index contributed by atoms with van der Waals surface area (Å²) in [4.78, 5) is 0. The van der Waals surface area contributed by atoms with Gasteiger partial charge >= 0.3 is 0 Å². The molecular formula is C5H13N2. The van der Waals surface area contributed by atoms with Gasteiger partial charge in [0.1, 0.15) is 0 Å². The van der Waals surface area contributed by atoms with Gasteiger partial charge in [0.15, 0.2) is 0 Å². The predicted molar refractivity (Wildman–Crippen MR) is 31.7 cm³/mol. The summed E-state index contributed by atoms with van der Waals surface area (Å²) >= 11 is 0. The maximum absolute atomic E-state index is 3.69. The van der Waals surface area contributed by atoms with E-state index < -0.39 is 0 Å². The molecule has 2 heteroatoms. The molecule has 7 heavy (non-hydrogen) atoms. The summed E-state index contributed by atoms with van der Waals surface area (Å²) in [6.07, 6.45) is 0. The van der Waals surface area contributed by atoms with Gasteiger partial charge < -0.3 is 0 Å². The van der Waals surface area contributed by atoms with Gasteiger partial charge in [0.2, 0.25) is 0 Å². The van der Waals surface area contributed by atoms with Crippen molar-refractivity contribution in [3.63, 3.8) is 0 Å². The van der Waals surface area contributed by atoms with Crippen molar-refractivity contribution < 1.29 is 0 Å². The first-order valence-electron chi connectivity index (χ1n) is 2.36. The molecule has 0 fully saturated rings. The minimum Gasteiger partial charge on any atom is -0.248 e. The third kappa shape index (κ3) is 2.60. The van der Waals surface area contributed by atoms with Gasteiger partial charge in [-0.15, -0.1) is 0 Å². The third-order valence-electron chi connectivity index (χ3n) is 1.01. The molecule has 0 saturated heterocycles. The molecule has 0 aromatic carbocycles. The van der Waals surface area contributed by atoms with Crippen molar-refractivity contribution in [3.8, 4) is 0 Å². The molecule has 0 heterocycles. The molecule has 0 rings (SSSR count). The Balaban J connectivity index is 3.14. The van der Waals surface area contributed by atoms with E-state index in [4.69, 9.17) is 0 Å². The Morgan fingerprint density at radius 3 is 1.71 bits per heavy atom. The molecule has 0 amide bonds. The van der Waals surface area contributed by atoms with E-state index in [1.807, 2.05) is 31.2 Å². The predicted octanol–water partition coefficient (Wildman–Crippen LogP) is 0.229. The first-order valence-corrected chi connectivity index (χ1v) is 2.36. The van der Waals surface area contributed by atoms with E-state index >= 15 is 0 Å². The van der Waals surface area contributed by atoms with E-state index in [1.165, 1.54) is 0 Å². The van der Waals surface area contributed by atoms with Gasteiger partial charge in [-0.2, -0.15) is 0 Å². The summed E-state index contributed by atoms with van der Waals surface area (Å²) in [7, 11) is 5.98. The second-order valence-electron chi connectivity index (χ2n) is 1.73. The van der Waals surface area contributed by atoms with E-state index in [9.17, 15) is 0 Å². The monoisotopic (exact) mass is 101 g/mol. The van der Waals surface area contributed by atoms with Crippen LogP contribution >= 0.6 is 0 Å². The SMILES string of the molecule is [CH2]CN(C)N(C)C. The lowest BCUT2D eigenvalue weighted by Gasteiger charge is -2.21. The summed E-state index contributed by atoms with van der Waals surface area (Å²) in [5.74, 6) is 0. The molecule has 0 bridgehead atoms. The number of rotatable bonds is 2. The van der Waals surface area contributed by atoms with Crippen LogP contribution in [0.2, 0.25) is 0 Å². The maximum Gasteiger partial charge on any atom is 0.0130 e. The summed E-state index contributed by atoms with van der Waals surface area (Å²) < 4.78 is 0. The Labute approximate surface area is 45.7 Å². The topological polar surface area (TPSA) is 6.48 Å². The van der Waals surface area contributed by atoms with Crippen LogP contribution in [0.25, 0.3) is 0 Å². The molecule has 43 valence electrons. The molecule has 0 unspecified atom stereocenters. The average molecular weight is 101 g/mol. The highest BCUT2D eigenvalue weighted by Crippen LogP contribution is 1.80. The number of hydrogen-bond donors (Lipinski definition) is 0. The van der Waals surface area contributed by atoms with Gasteiger partial charge in [-0.3, -0.25) is 0 Å². The van der Waals surface area contributed by atoms with Crippen LogP contribution < -0.4 is 0 Å². The van der Waals surface area contributed by atoms with Crippen molar-refractivity contribution >= 4 is 0 Å². The summed E-state index contributed by atoms with van der Waals surface area (Å²) in [5, 5.41) is 4.01. The number of hydrogen-bond acceptors (Lipinski definition) is 2. The summed E-state index contributed by atoms with van der Waals surface area (Å²) in [6, 6.07) is 0. The fourth-order valence-electron chi connectivity index (χ4n) is 0.200. The highest BCUT2D eigenvalue weighted by atomic mass is 15.6. The molecule has 0 saturated carbocycles. The second kappa shape index (κ2) is 2.99. The van der Waals surface area contributed by atoms with Gasteiger partial charge in [0.05, 0.1) is 0 Å². The quantitative estimate of drug-likeness (QED) is 0.459. The van der Waals surface area contributed by atoms with Crippen LogP contribution in [0.15, 0.2) is 0 Å². The molecule has 0 spiro atoms. The fourth-order valence-corrected chi connectivity index (χ4v) is 0.200. The van der Waals surface area contributed by atoms with Crippen LogP contribution in [-0.2, 0) is 0 Å². The van der Waals surface area contributed by atoms with E-state index in [2.05, 4.69) is 6.92 Å². The van der Waals surface area contributed by atoms with Gasteiger partial charge in [0, 0.05) is 27.7 Å². The standard InChI is InChI=1S/C5H13N2/c1-5-7(4)6(2)3/h1,5H2,2-4H3. The third-order valence-corrected chi connectivity index (χ3v) is 1.01. The molecule has 2 nitrogen and oxygen atoms in total. The lowest BCUT2D eigenvalue weighted by atomic mass is 10.7. The van der Waals surface area contributed by atoms with Crippen LogP contribution in [0.1, 0.15) is 0 Å². The highest BCUT2D eigenvalue weighted by Gasteiger charge is 1.91. The molecule has 1 radical (unpaired) electrons. The molecule has 0 N–H and O–H groups in total. The zero-order valence-electron chi connectivity index (χ0n) is 5.31. The molecule has 0 aromatic rings. The Bertz CT molecular complexity index is 43.3. The minimum atomic E-state index is 0.826. The van der Waals surface area contributed by atoms with E-state index in [0.29, 0.717) is 0 Å². The first kappa shape index (κ1) is 6.92. The second-order valence-corrected chi connectivity index (χ2v) is 1.73. The van der Waals surface area contributed by atoms with Crippen LogP contribution in [0.5, 0.6) is 0 Å². The largest absolute Gasteiger partial charge is 0.248 e. The average Bonchev–Trinajstić information content (AvgIpc) is 1.65. The van der Waals surface area contributed by atoms with E-state index in [-0.39, 0.29) is 0 Å². The van der Waals surface area contributed by atoms with Crippen molar-refractivity contribution in [1.82, 2.24) is 10.0 Å². The summed E-state index contributed by atoms with van der Waals surface area (Å²) in [6.45, 7) is 4.52. The molecule has 0 aliphatic carbocycles. The van der Waals surface area contributed by atoms with E-state index in [0.717, 1.165) is 6.54 Å². The van der Waals surface area contributed by atoms with Gasteiger partial charge in [-0.25, -0.2) is 10.0 Å². The normalized spacial score (nSPS) is 11.1. The molecule has 0 aromatic heterocycles. The molecular weight excluding hydrogens is 88.1 g/mol. The Kier molecular flexibility index (Phi) is 2.96. The fraction of sp³-hybridized carbons (Fsp3) is 0.800. The van der Waals surface area contributed by atoms with Gasteiger partial charge in [-0.1, -0.05) is 0 Å². The van der Waals surface area contributed by atoms with Crippen molar-refractivity contribution in [2.75, 3.05) is 27.7 Å². The lowest BCUT2D eigenvalue weighted by molar-refractivity contribution is 0.0698. The smallest absolute Gasteiger partial charge is 0.0130 e. The van der Waals surface area contributed by atoms with E-state index in [1.54, 1.807) is 0 Å². The number of nitrogens with zero attached hydrogens (tertiary/aromatic N) is 2. The zero-order chi connectivity index (χ0) is 5.86. The van der Waals surface area contributed by atoms with Crippen molar-refractivity contribution in [3.05, 3.63) is 6.92 Å². The minimum absolute atomic E-state index is 0.826. The van der Waals surface area contributed by atoms with Crippen molar-refractivity contribution in [1.29, 1.82) is 0 Å². The van der Waals surface area contributed by atoms with Gasteiger partial charge in [-0.05, 0) is 6.92 Å². The molecule has 0 atom stereocenters. The highest BCUT2D eigenvalue weighted by molar-refractivity contribution is 4.42. The van der Waals surface area contributed by atoms with Crippen LogP contribution in [0, 0.1) is 6.92 Å². The maximum atomic E-state index is 3.69. The first-order chi connectivity index (χ1) is 3.18. The van der Waals surface area contributed by atoms with Crippen molar-refractivity contribution in [2.24, 2.45) is 0 Å². The Morgan fingerprint density at radius 2 is 1.71 bits per heavy atom. The number of hydrazine groups is 1. The van der Waals surface area contributed by atoms with Crippen LogP contribution in [0.3, 0.4) is 0 Å². The van der Waals surface area contributed by atoms with Crippen molar-refractivity contribution in [2.45, 2.75) is 0 Å². The van der Waals surface area contributed by atoms with Crippen LogP contribution in [-0.4, -0.2) is 37.7 Å². The Hall–Kier alpha value is -0.0800. The van der Waals surface area contributed by atoms with Crippen LogP contribution in [0.4, 0.5) is 0 Å². The Morgan fingerprint density at radius 1 is 1.29 bits per heavy atom. The van der Waals surface area contributed by atoms with Gasteiger partial charge in [0.25, 0.3) is 0 Å².